The minimum Gasteiger partial charge on any atom is -0.493 e. The fraction of sp³-hybridized carbons (Fsp3) is 0.300. The second kappa shape index (κ2) is 9.05. The van der Waals surface area contributed by atoms with Gasteiger partial charge in [0.1, 0.15) is 12.4 Å². The van der Waals surface area contributed by atoms with Gasteiger partial charge in [0, 0.05) is 18.2 Å². The number of amidine groups is 1. The zero-order valence-electron chi connectivity index (χ0n) is 16.2. The van der Waals surface area contributed by atoms with E-state index in [1.165, 1.54) is 0 Å². The Morgan fingerprint density at radius 2 is 1.89 bits per heavy atom. The van der Waals surface area contributed by atoms with Crippen molar-refractivity contribution in [2.45, 2.75) is 13.8 Å². The van der Waals surface area contributed by atoms with Crippen LogP contribution in [-0.4, -0.2) is 38.3 Å². The lowest BCUT2D eigenvalue weighted by Crippen LogP contribution is -2.10. The molecule has 1 aromatic carbocycles. The maximum absolute atomic E-state index is 5.90. The highest BCUT2D eigenvalue weighted by atomic mass is 16.5. The molecule has 2 rings (SSSR count). The molecule has 0 bridgehead atoms. The summed E-state index contributed by atoms with van der Waals surface area (Å²) in [6, 6.07) is 5.60. The summed E-state index contributed by atoms with van der Waals surface area (Å²) in [7, 11) is 3.22. The summed E-state index contributed by atoms with van der Waals surface area (Å²) in [6.07, 6.45) is 1.58. The summed E-state index contributed by atoms with van der Waals surface area (Å²) in [5.41, 5.74) is 13.6. The van der Waals surface area contributed by atoms with E-state index in [2.05, 4.69) is 16.6 Å². The molecule has 0 aliphatic carbocycles. The Morgan fingerprint density at radius 3 is 2.48 bits per heavy atom. The molecule has 0 radical (unpaired) electrons. The highest BCUT2D eigenvalue weighted by Gasteiger charge is 2.13. The van der Waals surface area contributed by atoms with Crippen LogP contribution < -0.4 is 20.9 Å². The van der Waals surface area contributed by atoms with E-state index in [1.807, 2.05) is 25.1 Å². The van der Waals surface area contributed by atoms with Gasteiger partial charge in [-0.3, -0.25) is 0 Å². The van der Waals surface area contributed by atoms with Crippen LogP contribution in [-0.2, 0) is 4.74 Å². The molecule has 7 heteroatoms. The van der Waals surface area contributed by atoms with Crippen LogP contribution in [0.2, 0.25) is 0 Å². The van der Waals surface area contributed by atoms with Gasteiger partial charge in [-0.2, -0.15) is 0 Å². The van der Waals surface area contributed by atoms with Crippen LogP contribution in [0, 0.1) is 0 Å². The lowest BCUT2D eigenvalue weighted by molar-refractivity contribution is 0.144. The SMILES string of the molecule is C=C(C)c1nc(/N=C(N)\C=C(\C)N)cc2cc(OC)c(OCCOC)cc12. The van der Waals surface area contributed by atoms with E-state index in [1.54, 1.807) is 27.2 Å². The van der Waals surface area contributed by atoms with Crippen LogP contribution >= 0.6 is 0 Å². The summed E-state index contributed by atoms with van der Waals surface area (Å²) in [5.74, 6) is 1.97. The third-order valence-electron chi connectivity index (χ3n) is 3.67. The van der Waals surface area contributed by atoms with Crippen molar-refractivity contribution in [3.05, 3.63) is 42.2 Å². The van der Waals surface area contributed by atoms with Crippen LogP contribution in [0.4, 0.5) is 5.82 Å². The first-order valence-corrected chi connectivity index (χ1v) is 8.44. The van der Waals surface area contributed by atoms with E-state index in [9.17, 15) is 0 Å². The smallest absolute Gasteiger partial charge is 0.161 e. The second-order valence-electron chi connectivity index (χ2n) is 6.10. The van der Waals surface area contributed by atoms with Crippen molar-refractivity contribution in [1.29, 1.82) is 0 Å². The lowest BCUT2D eigenvalue weighted by atomic mass is 10.0. The molecule has 4 N–H and O–H groups in total. The van der Waals surface area contributed by atoms with Crippen molar-refractivity contribution in [3.63, 3.8) is 0 Å². The van der Waals surface area contributed by atoms with Crippen LogP contribution in [0.1, 0.15) is 19.5 Å². The third kappa shape index (κ3) is 5.21. The topological polar surface area (TPSA) is 105 Å². The van der Waals surface area contributed by atoms with Crippen LogP contribution in [0.25, 0.3) is 16.3 Å². The van der Waals surface area contributed by atoms with Crippen molar-refractivity contribution in [3.8, 4) is 11.5 Å². The van der Waals surface area contributed by atoms with Gasteiger partial charge in [-0.1, -0.05) is 6.58 Å². The van der Waals surface area contributed by atoms with E-state index in [4.69, 9.17) is 25.7 Å². The number of fused-ring (bicyclic) bond motifs is 1. The van der Waals surface area contributed by atoms with Crippen LogP contribution in [0.15, 0.2) is 41.5 Å². The molecule has 0 unspecified atom stereocenters. The van der Waals surface area contributed by atoms with Gasteiger partial charge >= 0.3 is 0 Å². The number of nitrogens with two attached hydrogens (primary N) is 2. The Kier molecular flexibility index (Phi) is 6.79. The molecule has 0 fully saturated rings. The number of hydrogen-bond acceptors (Lipinski definition) is 6. The Bertz CT molecular complexity index is 900. The molecular weight excluding hydrogens is 344 g/mol. The molecule has 144 valence electrons. The van der Waals surface area contributed by atoms with E-state index in [0.717, 1.165) is 16.3 Å². The normalized spacial score (nSPS) is 12.3. The first-order chi connectivity index (χ1) is 12.8. The summed E-state index contributed by atoms with van der Waals surface area (Å²) in [4.78, 5) is 8.91. The van der Waals surface area contributed by atoms with Gasteiger partial charge < -0.3 is 25.7 Å². The number of pyridine rings is 1. The molecule has 1 aromatic heterocycles. The van der Waals surface area contributed by atoms with E-state index >= 15 is 0 Å². The van der Waals surface area contributed by atoms with Gasteiger partial charge in [-0.25, -0.2) is 9.98 Å². The number of benzene rings is 1. The van der Waals surface area contributed by atoms with Crippen molar-refractivity contribution in [2.75, 3.05) is 27.4 Å². The maximum atomic E-state index is 5.90. The molecule has 0 saturated carbocycles. The third-order valence-corrected chi connectivity index (χ3v) is 3.67. The number of allylic oxidation sites excluding steroid dienone is 2. The number of methoxy groups -OCH3 is 2. The van der Waals surface area contributed by atoms with Crippen molar-refractivity contribution in [1.82, 2.24) is 4.98 Å². The zero-order valence-corrected chi connectivity index (χ0v) is 16.2. The van der Waals surface area contributed by atoms with Gasteiger partial charge in [0.05, 0.1) is 19.4 Å². The fourth-order valence-corrected chi connectivity index (χ4v) is 2.53. The predicted molar refractivity (Wildman–Crippen MR) is 110 cm³/mol. The summed E-state index contributed by atoms with van der Waals surface area (Å²) in [5, 5.41) is 1.78. The standard InChI is InChI=1S/C20H26N4O3/c1-12(2)20-15-11-17(27-7-6-25-4)16(26-5)9-14(15)10-19(24-20)23-18(22)8-13(3)21/h8-11H,1,6-7,21H2,2-5H3,(H2,22,23,24)/b13-8-. The van der Waals surface area contributed by atoms with Gasteiger partial charge in [-0.15, -0.1) is 0 Å². The Morgan fingerprint density at radius 1 is 1.15 bits per heavy atom. The van der Waals surface area contributed by atoms with Crippen molar-refractivity contribution >= 4 is 28.0 Å². The number of aromatic nitrogens is 1. The Balaban J connectivity index is 2.61. The van der Waals surface area contributed by atoms with E-state index in [0.29, 0.717) is 41.9 Å². The highest BCUT2D eigenvalue weighted by molar-refractivity contribution is 5.97. The molecule has 0 spiro atoms. The molecule has 1 heterocycles. The largest absolute Gasteiger partial charge is 0.493 e. The quantitative estimate of drug-likeness (QED) is 0.420. The highest BCUT2D eigenvalue weighted by Crippen LogP contribution is 2.36. The summed E-state index contributed by atoms with van der Waals surface area (Å²) < 4.78 is 16.3. The Hall–Kier alpha value is -3.06. The van der Waals surface area contributed by atoms with Crippen LogP contribution in [0.5, 0.6) is 11.5 Å². The lowest BCUT2D eigenvalue weighted by Gasteiger charge is -2.14. The number of rotatable bonds is 8. The molecule has 0 atom stereocenters. The first-order valence-electron chi connectivity index (χ1n) is 8.44. The van der Waals surface area contributed by atoms with E-state index in [-0.39, 0.29) is 5.84 Å². The van der Waals surface area contributed by atoms with Gasteiger partial charge in [0.2, 0.25) is 0 Å². The average Bonchev–Trinajstić information content (AvgIpc) is 2.59. The maximum Gasteiger partial charge on any atom is 0.161 e. The van der Waals surface area contributed by atoms with E-state index < -0.39 is 0 Å². The Labute approximate surface area is 159 Å². The van der Waals surface area contributed by atoms with Gasteiger partial charge in [0.15, 0.2) is 17.3 Å². The summed E-state index contributed by atoms with van der Waals surface area (Å²) in [6.45, 7) is 8.55. The zero-order chi connectivity index (χ0) is 20.0. The minimum absolute atomic E-state index is 0.279. The van der Waals surface area contributed by atoms with Crippen LogP contribution in [0.3, 0.4) is 0 Å². The van der Waals surface area contributed by atoms with Crippen molar-refractivity contribution in [2.24, 2.45) is 16.5 Å². The molecule has 27 heavy (non-hydrogen) atoms. The molecule has 7 nitrogen and oxygen atoms in total. The summed E-state index contributed by atoms with van der Waals surface area (Å²) >= 11 is 0. The number of aliphatic imine (C=N–C) groups is 1. The number of nitrogens with zero attached hydrogens (tertiary/aromatic N) is 2. The van der Waals surface area contributed by atoms with Crippen molar-refractivity contribution < 1.29 is 14.2 Å². The molecule has 0 aliphatic rings. The monoisotopic (exact) mass is 370 g/mol. The van der Waals surface area contributed by atoms with Gasteiger partial charge in [0.25, 0.3) is 0 Å². The fourth-order valence-electron chi connectivity index (χ4n) is 2.53. The minimum atomic E-state index is 0.279. The van der Waals surface area contributed by atoms with Gasteiger partial charge in [-0.05, 0) is 49.1 Å². The second-order valence-corrected chi connectivity index (χ2v) is 6.10. The molecule has 0 amide bonds. The average molecular weight is 370 g/mol. The number of hydrogen-bond donors (Lipinski definition) is 2. The molecular formula is C20H26N4O3. The molecule has 0 aliphatic heterocycles. The first kappa shape index (κ1) is 20.3. The number of ether oxygens (including phenoxy) is 3. The predicted octanol–water partition coefficient (Wildman–Crippen LogP) is 3.15. The molecule has 2 aromatic rings. The molecule has 0 saturated heterocycles.